The zero-order chi connectivity index (χ0) is 43.4. The predicted molar refractivity (Wildman–Crippen MR) is 224 cm³/mol. The Kier molecular flexibility index (Phi) is 21.5. The highest BCUT2D eigenvalue weighted by atomic mass is 32.1. The van der Waals surface area contributed by atoms with Crippen molar-refractivity contribution >= 4 is 85.2 Å². The number of hydrogen-bond acceptors (Lipinski definition) is 13. The summed E-state index contributed by atoms with van der Waals surface area (Å²) in [5, 5.41) is 36.3. The molecule has 0 spiro atoms. The molecule has 318 valence electrons. The van der Waals surface area contributed by atoms with E-state index in [1.54, 1.807) is 44.2 Å². The van der Waals surface area contributed by atoms with Gasteiger partial charge in [0.25, 0.3) is 0 Å². The van der Waals surface area contributed by atoms with Crippen molar-refractivity contribution in [2.75, 3.05) is 30.3 Å². The third-order valence-corrected chi connectivity index (χ3v) is 9.42. The highest BCUT2D eigenvalue weighted by molar-refractivity contribution is 7.80. The standard InChI is InChI=1S/C37H52N8O10S3/c1-20(2)12-25(33(50)40-16-31(48)42-29(19-58)37(54)55)43-35(52)27(14-22-8-10-23(46)11-9-22)44-36(53)28(18-57)45-34(51)26(13-21-6-4-3-5-7-21)41-30(47)15-39-32(49)24(38)17-56/h3-11,20,24-29,46,56-58H,12-19,38H2,1-2H3,(H,39,49)(H,40,50)(H,41,47)(H,42,48)(H,43,52)(H,44,53)(H,45,51)(H,54,55)/t24-,25-,26-,27-,28-,29-/m0/s1. The van der Waals surface area contributed by atoms with Gasteiger partial charge in [0.2, 0.25) is 41.4 Å². The number of rotatable bonds is 24. The van der Waals surface area contributed by atoms with Crippen LogP contribution >= 0.6 is 37.9 Å². The van der Waals surface area contributed by atoms with Crippen molar-refractivity contribution in [3.63, 3.8) is 0 Å². The summed E-state index contributed by atoms with van der Waals surface area (Å²) in [5.74, 6) is -7.17. The van der Waals surface area contributed by atoms with E-state index in [1.165, 1.54) is 24.3 Å². The van der Waals surface area contributed by atoms with E-state index < -0.39 is 96.7 Å². The monoisotopic (exact) mass is 864 g/mol. The van der Waals surface area contributed by atoms with Gasteiger partial charge in [-0.3, -0.25) is 33.6 Å². The lowest BCUT2D eigenvalue weighted by atomic mass is 10.0. The summed E-state index contributed by atoms with van der Waals surface area (Å²) in [5.41, 5.74) is 6.83. The normalized spacial score (nSPS) is 14.0. The lowest BCUT2D eigenvalue weighted by molar-refractivity contribution is -0.141. The van der Waals surface area contributed by atoms with Crippen molar-refractivity contribution in [3.05, 3.63) is 65.7 Å². The molecular formula is C37H52N8O10S3. The van der Waals surface area contributed by atoms with Gasteiger partial charge in [-0.25, -0.2) is 4.79 Å². The van der Waals surface area contributed by atoms with Crippen LogP contribution in [0.15, 0.2) is 54.6 Å². The van der Waals surface area contributed by atoms with Crippen LogP contribution in [0.2, 0.25) is 0 Å². The van der Waals surface area contributed by atoms with Crippen LogP contribution in [0.25, 0.3) is 0 Å². The average Bonchev–Trinajstić information content (AvgIpc) is 3.19. The average molecular weight is 865 g/mol. The number of carboxylic acid groups (broad SMARTS) is 1. The quantitative estimate of drug-likeness (QED) is 0.0517. The molecular weight excluding hydrogens is 813 g/mol. The van der Waals surface area contributed by atoms with Gasteiger partial charge >= 0.3 is 5.97 Å². The molecule has 0 bridgehead atoms. The minimum Gasteiger partial charge on any atom is -0.508 e. The molecule has 21 heteroatoms. The smallest absolute Gasteiger partial charge is 0.327 e. The largest absolute Gasteiger partial charge is 0.508 e. The summed E-state index contributed by atoms with van der Waals surface area (Å²) < 4.78 is 0. The van der Waals surface area contributed by atoms with E-state index in [4.69, 9.17) is 5.73 Å². The van der Waals surface area contributed by atoms with Crippen molar-refractivity contribution < 1.29 is 48.6 Å². The SMILES string of the molecule is CC(C)C[C@H](NC(=O)[C@H](Cc1ccc(O)cc1)NC(=O)[C@H](CS)NC(=O)[C@H](Cc1ccccc1)NC(=O)CNC(=O)[C@@H](N)CS)C(=O)NCC(=O)N[C@@H](CS)C(=O)O. The zero-order valence-electron chi connectivity index (χ0n) is 32.0. The zero-order valence-corrected chi connectivity index (χ0v) is 34.7. The Bertz CT molecular complexity index is 1720. The summed E-state index contributed by atoms with van der Waals surface area (Å²) in [6.07, 6.45) is -0.00626. The molecule has 0 saturated heterocycles. The van der Waals surface area contributed by atoms with Gasteiger partial charge < -0.3 is 53.2 Å². The van der Waals surface area contributed by atoms with Crippen LogP contribution in [0.1, 0.15) is 31.4 Å². The molecule has 6 atom stereocenters. The van der Waals surface area contributed by atoms with E-state index >= 15 is 0 Å². The van der Waals surface area contributed by atoms with Crippen molar-refractivity contribution in [3.8, 4) is 5.75 Å². The molecule has 0 fully saturated rings. The predicted octanol–water partition coefficient (Wildman–Crippen LogP) is -1.92. The van der Waals surface area contributed by atoms with Gasteiger partial charge in [0.1, 0.15) is 36.0 Å². The molecule has 0 aliphatic carbocycles. The van der Waals surface area contributed by atoms with E-state index in [2.05, 4.69) is 75.1 Å². The number of hydrogen-bond donors (Lipinski definition) is 13. The molecule has 0 heterocycles. The Morgan fingerprint density at radius 2 is 1.02 bits per heavy atom. The van der Waals surface area contributed by atoms with Crippen LogP contribution in [0, 0.1) is 5.92 Å². The lowest BCUT2D eigenvalue weighted by Crippen LogP contribution is -2.60. The number of carbonyl (C=O) groups is 8. The van der Waals surface area contributed by atoms with Crippen LogP contribution in [0.4, 0.5) is 0 Å². The summed E-state index contributed by atoms with van der Waals surface area (Å²) in [4.78, 5) is 103. The summed E-state index contributed by atoms with van der Waals surface area (Å²) in [7, 11) is 0. The molecule has 18 nitrogen and oxygen atoms in total. The van der Waals surface area contributed by atoms with E-state index in [9.17, 15) is 48.6 Å². The number of amides is 7. The van der Waals surface area contributed by atoms with Gasteiger partial charge in [-0.2, -0.15) is 37.9 Å². The van der Waals surface area contributed by atoms with Crippen molar-refractivity contribution in [1.82, 2.24) is 37.2 Å². The highest BCUT2D eigenvalue weighted by Gasteiger charge is 2.32. The highest BCUT2D eigenvalue weighted by Crippen LogP contribution is 2.13. The number of nitrogens with one attached hydrogen (secondary N) is 7. The minimum absolute atomic E-state index is 0.00556. The molecule has 0 aromatic heterocycles. The van der Waals surface area contributed by atoms with Gasteiger partial charge in [-0.1, -0.05) is 56.3 Å². The first-order chi connectivity index (χ1) is 27.5. The molecule has 7 amide bonds. The van der Waals surface area contributed by atoms with Crippen molar-refractivity contribution in [1.29, 1.82) is 0 Å². The molecule has 0 unspecified atom stereocenters. The Hall–Kier alpha value is -4.99. The summed E-state index contributed by atoms with van der Waals surface area (Å²) in [6, 6.07) is 7.18. The molecule has 2 aromatic carbocycles. The minimum atomic E-state index is -1.35. The second-order valence-electron chi connectivity index (χ2n) is 13.5. The van der Waals surface area contributed by atoms with Gasteiger partial charge in [-0.05, 0) is 35.6 Å². The van der Waals surface area contributed by atoms with Gasteiger partial charge in [-0.15, -0.1) is 0 Å². The fraction of sp³-hybridized carbons (Fsp3) is 0.459. The third-order valence-electron chi connectivity index (χ3n) is 8.29. The van der Waals surface area contributed by atoms with Crippen LogP contribution in [-0.2, 0) is 51.2 Å². The first-order valence-corrected chi connectivity index (χ1v) is 20.1. The number of aliphatic carboxylic acids is 1. The molecule has 2 rings (SSSR count). The first kappa shape index (κ1) is 49.2. The third kappa shape index (κ3) is 17.7. The second-order valence-corrected chi connectivity index (χ2v) is 14.6. The number of aromatic hydroxyl groups is 1. The summed E-state index contributed by atoms with van der Waals surface area (Å²) in [6.45, 7) is 2.50. The molecule has 0 aliphatic heterocycles. The molecule has 0 aliphatic rings. The molecule has 58 heavy (non-hydrogen) atoms. The Morgan fingerprint density at radius 1 is 0.569 bits per heavy atom. The maximum Gasteiger partial charge on any atom is 0.327 e. The number of nitrogens with two attached hydrogens (primary N) is 1. The van der Waals surface area contributed by atoms with Gasteiger partial charge in [0.15, 0.2) is 0 Å². The Balaban J connectivity index is 2.28. The van der Waals surface area contributed by atoms with Gasteiger partial charge in [0, 0.05) is 30.1 Å². The van der Waals surface area contributed by atoms with Crippen molar-refractivity contribution in [2.45, 2.75) is 69.4 Å². The summed E-state index contributed by atoms with van der Waals surface area (Å²) >= 11 is 12.1. The number of phenols is 1. The topological polar surface area (TPSA) is 287 Å². The Morgan fingerprint density at radius 3 is 1.52 bits per heavy atom. The number of carbonyl (C=O) groups excluding carboxylic acids is 7. The van der Waals surface area contributed by atoms with Crippen LogP contribution in [-0.4, -0.2) is 124 Å². The molecule has 0 saturated carbocycles. The van der Waals surface area contributed by atoms with E-state index in [1.807, 2.05) is 0 Å². The Labute approximate surface area is 352 Å². The van der Waals surface area contributed by atoms with Crippen LogP contribution < -0.4 is 43.0 Å². The van der Waals surface area contributed by atoms with Crippen LogP contribution in [0.5, 0.6) is 5.75 Å². The lowest BCUT2D eigenvalue weighted by Gasteiger charge is -2.27. The number of carboxylic acids is 1. The number of thiol groups is 3. The molecule has 0 radical (unpaired) electrons. The van der Waals surface area contributed by atoms with Crippen molar-refractivity contribution in [2.24, 2.45) is 11.7 Å². The van der Waals surface area contributed by atoms with E-state index in [-0.39, 0.29) is 48.2 Å². The fourth-order valence-electron chi connectivity index (χ4n) is 5.20. The number of benzene rings is 2. The maximum absolute atomic E-state index is 13.9. The fourth-order valence-corrected chi connectivity index (χ4v) is 5.87. The molecule has 2 aromatic rings. The van der Waals surface area contributed by atoms with Gasteiger partial charge in [0.05, 0.1) is 19.1 Å². The second kappa shape index (κ2) is 25.4. The van der Waals surface area contributed by atoms with E-state index in [0.717, 1.165) is 0 Å². The molecule has 11 N–H and O–H groups in total. The van der Waals surface area contributed by atoms with Crippen LogP contribution in [0.3, 0.4) is 0 Å². The maximum atomic E-state index is 13.9. The first-order valence-electron chi connectivity index (χ1n) is 18.2. The van der Waals surface area contributed by atoms with E-state index in [0.29, 0.717) is 11.1 Å². The number of phenolic OH excluding ortho intramolecular Hbond substituents is 1.